The Kier molecular flexibility index (Phi) is 9.56. The minimum Gasteiger partial charge on any atom is -0.496 e. The first-order valence-electron chi connectivity index (χ1n) is 12.4. The molecule has 1 aliphatic carbocycles. The molecule has 212 valence electrons. The fourth-order valence-electron chi connectivity index (χ4n) is 4.25. The normalized spacial score (nSPS) is 18.2. The van der Waals surface area contributed by atoms with Gasteiger partial charge in [0.25, 0.3) is 5.91 Å². The minimum atomic E-state index is -4.26. The lowest BCUT2D eigenvalue weighted by atomic mass is 10.0. The number of carbonyl (C=O) groups excluding carboxylic acids is 1. The highest BCUT2D eigenvalue weighted by atomic mass is 35.5. The average Bonchev–Trinajstić information content (AvgIpc) is 3.55. The number of pyridine rings is 1. The van der Waals surface area contributed by atoms with Gasteiger partial charge in [0.05, 0.1) is 29.3 Å². The number of rotatable bonds is 13. The number of anilines is 1. The van der Waals surface area contributed by atoms with Crippen LogP contribution in [0.3, 0.4) is 0 Å². The molecule has 2 heterocycles. The Morgan fingerprint density at radius 2 is 2.05 bits per heavy atom. The van der Waals surface area contributed by atoms with Crippen molar-refractivity contribution >= 4 is 33.2 Å². The summed E-state index contributed by atoms with van der Waals surface area (Å²) in [5, 5.41) is 10.1. The van der Waals surface area contributed by atoms with Crippen LogP contribution in [0.25, 0.3) is 11.3 Å². The predicted octanol–water partition coefficient (Wildman–Crippen LogP) is 4.57. The van der Waals surface area contributed by atoms with E-state index in [1.807, 2.05) is 13.8 Å². The number of aryl methyl sites for hydroxylation is 1. The quantitative estimate of drug-likeness (QED) is 0.357. The molecule has 2 N–H and O–H groups in total. The van der Waals surface area contributed by atoms with Crippen molar-refractivity contribution < 1.29 is 31.1 Å². The van der Waals surface area contributed by atoms with Gasteiger partial charge in [0.1, 0.15) is 21.4 Å². The smallest absolute Gasteiger partial charge is 0.393 e. The topological polar surface area (TPSA) is 115 Å². The number of sulfone groups is 1. The molecule has 0 saturated heterocycles. The second kappa shape index (κ2) is 12.1. The first kappa shape index (κ1) is 30.0. The molecule has 1 amide bonds. The van der Waals surface area contributed by atoms with Gasteiger partial charge < -0.3 is 15.4 Å². The molecule has 3 atom stereocenters. The number of carbonyl (C=O) groups is 1. The number of methoxy groups -OCH3 is 1. The van der Waals surface area contributed by atoms with Gasteiger partial charge in [-0.3, -0.25) is 9.48 Å². The van der Waals surface area contributed by atoms with Gasteiger partial charge in [-0.25, -0.2) is 13.4 Å². The highest BCUT2D eigenvalue weighted by Crippen LogP contribution is 2.46. The molecule has 14 heteroatoms. The van der Waals surface area contributed by atoms with Crippen molar-refractivity contribution in [2.24, 2.45) is 11.8 Å². The van der Waals surface area contributed by atoms with E-state index in [0.29, 0.717) is 42.9 Å². The van der Waals surface area contributed by atoms with Crippen molar-refractivity contribution in [3.8, 4) is 17.0 Å². The lowest BCUT2D eigenvalue weighted by Crippen LogP contribution is -2.30. The molecular weight excluding hydrogens is 547 g/mol. The summed E-state index contributed by atoms with van der Waals surface area (Å²) < 4.78 is 68.4. The van der Waals surface area contributed by atoms with E-state index in [1.165, 1.54) is 30.3 Å². The van der Waals surface area contributed by atoms with Gasteiger partial charge in [0.15, 0.2) is 5.69 Å². The molecule has 9 nitrogen and oxygen atoms in total. The molecule has 0 bridgehead atoms. The average molecular weight is 580 g/mol. The van der Waals surface area contributed by atoms with Gasteiger partial charge in [0.2, 0.25) is 0 Å². The SMILES string of the molecule is CC[C@H](CCCS(C)(=O)=O)CNC(=O)c1nn(CC)c(-c2cnc(NC3CC3C(F)(F)F)cc2OC)c1Cl. The summed E-state index contributed by atoms with van der Waals surface area (Å²) >= 11 is 6.62. The lowest BCUT2D eigenvalue weighted by Gasteiger charge is -2.15. The Balaban J connectivity index is 1.75. The Morgan fingerprint density at radius 3 is 2.61 bits per heavy atom. The molecule has 1 saturated carbocycles. The van der Waals surface area contributed by atoms with Crippen molar-refractivity contribution in [1.82, 2.24) is 20.1 Å². The van der Waals surface area contributed by atoms with Crippen LogP contribution in [0, 0.1) is 11.8 Å². The number of nitrogens with one attached hydrogen (secondary N) is 2. The molecule has 0 aromatic carbocycles. The zero-order chi connectivity index (χ0) is 28.3. The molecule has 1 aliphatic rings. The molecular formula is C24H33ClF3N5O4S. The number of alkyl halides is 3. The van der Waals surface area contributed by atoms with Crippen LogP contribution in [0.15, 0.2) is 12.3 Å². The van der Waals surface area contributed by atoms with Crippen molar-refractivity contribution in [2.75, 3.05) is 31.0 Å². The van der Waals surface area contributed by atoms with Crippen molar-refractivity contribution in [3.05, 3.63) is 23.0 Å². The molecule has 2 aromatic rings. The Bertz CT molecular complexity index is 1250. The number of aromatic nitrogens is 3. The number of hydrogen-bond acceptors (Lipinski definition) is 7. The third-order valence-corrected chi connectivity index (χ3v) is 7.94. The number of amides is 1. The van der Waals surface area contributed by atoms with Crippen LogP contribution < -0.4 is 15.4 Å². The summed E-state index contributed by atoms with van der Waals surface area (Å²) in [6.07, 6.45) is 0.284. The highest BCUT2D eigenvalue weighted by Gasteiger charge is 2.56. The molecule has 0 radical (unpaired) electrons. The van der Waals surface area contributed by atoms with E-state index < -0.39 is 33.9 Å². The van der Waals surface area contributed by atoms with Crippen LogP contribution in [-0.2, 0) is 16.4 Å². The third kappa shape index (κ3) is 7.52. The minimum absolute atomic E-state index is 0.0151. The molecule has 3 rings (SSSR count). The third-order valence-electron chi connectivity index (χ3n) is 6.55. The van der Waals surface area contributed by atoms with E-state index in [9.17, 15) is 26.4 Å². The largest absolute Gasteiger partial charge is 0.496 e. The summed E-state index contributed by atoms with van der Waals surface area (Å²) in [6.45, 7) is 4.51. The van der Waals surface area contributed by atoms with Crippen LogP contribution in [0.4, 0.5) is 19.0 Å². The number of halogens is 4. The highest BCUT2D eigenvalue weighted by molar-refractivity contribution is 7.90. The summed E-state index contributed by atoms with van der Waals surface area (Å²) in [7, 11) is -1.62. The van der Waals surface area contributed by atoms with Crippen molar-refractivity contribution in [3.63, 3.8) is 0 Å². The van der Waals surface area contributed by atoms with Crippen LogP contribution in [-0.4, -0.2) is 67.0 Å². The van der Waals surface area contributed by atoms with E-state index in [0.717, 1.165) is 6.42 Å². The first-order chi connectivity index (χ1) is 17.8. The zero-order valence-electron chi connectivity index (χ0n) is 21.7. The number of hydrogen-bond donors (Lipinski definition) is 2. The summed E-state index contributed by atoms with van der Waals surface area (Å²) in [5.74, 6) is -1.13. The first-order valence-corrected chi connectivity index (χ1v) is 14.8. The summed E-state index contributed by atoms with van der Waals surface area (Å²) in [6, 6.07) is 0.753. The zero-order valence-corrected chi connectivity index (χ0v) is 23.3. The maximum atomic E-state index is 13.0. The van der Waals surface area contributed by atoms with Gasteiger partial charge in [0, 0.05) is 43.4 Å². The van der Waals surface area contributed by atoms with Crippen LogP contribution in [0.1, 0.15) is 50.0 Å². The molecule has 0 aliphatic heterocycles. The molecule has 2 aromatic heterocycles. The van der Waals surface area contributed by atoms with Gasteiger partial charge in [-0.05, 0) is 32.1 Å². The van der Waals surface area contributed by atoms with Crippen molar-refractivity contribution in [1.29, 1.82) is 0 Å². The van der Waals surface area contributed by atoms with E-state index in [1.54, 1.807) is 0 Å². The Labute approximate surface area is 225 Å². The maximum absolute atomic E-state index is 13.0. The van der Waals surface area contributed by atoms with Gasteiger partial charge >= 0.3 is 6.18 Å². The molecule has 2 unspecified atom stereocenters. The van der Waals surface area contributed by atoms with E-state index >= 15 is 0 Å². The molecule has 38 heavy (non-hydrogen) atoms. The fraction of sp³-hybridized carbons (Fsp3) is 0.625. The number of nitrogens with zero attached hydrogens (tertiary/aromatic N) is 3. The standard InChI is InChI=1S/C24H33ClF3N5O4S/c1-5-14(8-7-9-38(4,35)36)12-30-23(34)21-20(25)22(33(6-2)32-21)15-13-29-19(11-18(15)37-3)31-17-10-16(17)24(26,27)28/h11,13-14,16-17H,5-10,12H2,1-4H3,(H,29,31)(H,30,34)/t14-,16?,17?/m1/s1. The van der Waals surface area contributed by atoms with Crippen LogP contribution >= 0.6 is 11.6 Å². The second-order valence-electron chi connectivity index (χ2n) is 9.49. The Hall–Kier alpha value is -2.54. The molecule has 0 spiro atoms. The number of ether oxygens (including phenoxy) is 1. The summed E-state index contributed by atoms with van der Waals surface area (Å²) in [4.78, 5) is 17.2. The van der Waals surface area contributed by atoms with E-state index in [2.05, 4.69) is 20.7 Å². The van der Waals surface area contributed by atoms with E-state index in [4.69, 9.17) is 16.3 Å². The maximum Gasteiger partial charge on any atom is 0.393 e. The van der Waals surface area contributed by atoms with Crippen molar-refractivity contribution in [2.45, 2.75) is 58.3 Å². The van der Waals surface area contributed by atoms with E-state index in [-0.39, 0.29) is 34.6 Å². The predicted molar refractivity (Wildman–Crippen MR) is 139 cm³/mol. The van der Waals surface area contributed by atoms with Gasteiger partial charge in [-0.15, -0.1) is 0 Å². The fourth-order valence-corrected chi connectivity index (χ4v) is 5.26. The Morgan fingerprint density at radius 1 is 1.34 bits per heavy atom. The monoisotopic (exact) mass is 579 g/mol. The van der Waals surface area contributed by atoms with Crippen LogP contribution in [0.2, 0.25) is 5.02 Å². The van der Waals surface area contributed by atoms with Crippen LogP contribution in [0.5, 0.6) is 5.75 Å². The lowest BCUT2D eigenvalue weighted by molar-refractivity contribution is -0.147. The summed E-state index contributed by atoms with van der Waals surface area (Å²) in [5.41, 5.74) is 0.853. The van der Waals surface area contributed by atoms with Gasteiger partial charge in [-0.1, -0.05) is 24.9 Å². The molecule has 1 fully saturated rings. The van der Waals surface area contributed by atoms with Gasteiger partial charge in [-0.2, -0.15) is 18.3 Å². The second-order valence-corrected chi connectivity index (χ2v) is 12.1.